The molecule has 0 fully saturated rings. The molecule has 380 valence electrons. The molecule has 0 heterocycles. The lowest BCUT2D eigenvalue weighted by molar-refractivity contribution is -0.167. The Kier molecular flexibility index (Phi) is 52.7. The van der Waals surface area contributed by atoms with Crippen LogP contribution in [0.1, 0.15) is 335 Å². The van der Waals surface area contributed by atoms with Crippen molar-refractivity contribution in [3.8, 4) is 0 Å². The van der Waals surface area contributed by atoms with Gasteiger partial charge in [0.2, 0.25) is 0 Å². The van der Waals surface area contributed by atoms with E-state index < -0.39 is 6.10 Å². The number of unbranched alkanes of at least 4 members (excludes halogenated alkanes) is 43. The lowest BCUT2D eigenvalue weighted by Gasteiger charge is -2.18. The average molecular weight is 906 g/mol. The largest absolute Gasteiger partial charge is 0.462 e. The van der Waals surface area contributed by atoms with Crippen LogP contribution in [0.15, 0.2) is 0 Å². The quantitative estimate of drug-likeness (QED) is 0.0344. The van der Waals surface area contributed by atoms with Gasteiger partial charge in [-0.25, -0.2) is 0 Å². The minimum Gasteiger partial charge on any atom is -0.462 e. The zero-order valence-electron chi connectivity index (χ0n) is 43.6. The zero-order valence-corrected chi connectivity index (χ0v) is 43.6. The first-order valence-corrected chi connectivity index (χ1v) is 29.0. The molecule has 0 saturated heterocycles. The van der Waals surface area contributed by atoms with Gasteiger partial charge in [0.25, 0.3) is 0 Å². The number of hydrogen-bond donors (Lipinski definition) is 0. The minimum absolute atomic E-state index is 0.0633. The molecule has 0 aromatic carbocycles. The van der Waals surface area contributed by atoms with Gasteiger partial charge in [-0.1, -0.05) is 297 Å². The SMILES string of the molecule is CCCCCCCCCCCCCCCCCCCCCCCCCCCCCCCCCC(=O)OCC(COC(=O)CCCCCCCC)OC(=O)CCCCCCCCCCC. The molecule has 0 amide bonds. The molecule has 0 saturated carbocycles. The summed E-state index contributed by atoms with van der Waals surface area (Å²) in [5, 5.41) is 0. The molecule has 0 aromatic heterocycles. The molecular weight excluding hydrogens is 793 g/mol. The van der Waals surface area contributed by atoms with Gasteiger partial charge in [0.15, 0.2) is 6.10 Å². The first-order valence-electron chi connectivity index (χ1n) is 29.0. The Bertz CT molecular complexity index is 951. The van der Waals surface area contributed by atoms with E-state index in [1.165, 1.54) is 238 Å². The summed E-state index contributed by atoms with van der Waals surface area (Å²) in [5.74, 6) is -0.857. The first kappa shape index (κ1) is 62.4. The lowest BCUT2D eigenvalue weighted by Crippen LogP contribution is -2.30. The molecule has 0 aliphatic rings. The summed E-state index contributed by atoms with van der Waals surface area (Å²) >= 11 is 0. The summed E-state index contributed by atoms with van der Waals surface area (Å²) in [6, 6.07) is 0. The summed E-state index contributed by atoms with van der Waals surface area (Å²) in [6.45, 7) is 6.61. The minimum atomic E-state index is -0.758. The second-order valence-corrected chi connectivity index (χ2v) is 19.9. The van der Waals surface area contributed by atoms with Gasteiger partial charge in [0.05, 0.1) is 0 Å². The van der Waals surface area contributed by atoms with Crippen molar-refractivity contribution in [2.45, 2.75) is 341 Å². The highest BCUT2D eigenvalue weighted by molar-refractivity contribution is 5.71. The van der Waals surface area contributed by atoms with Gasteiger partial charge in [0.1, 0.15) is 13.2 Å². The predicted octanol–water partition coefficient (Wildman–Crippen LogP) is 19.2. The van der Waals surface area contributed by atoms with E-state index in [2.05, 4.69) is 20.8 Å². The highest BCUT2D eigenvalue weighted by Crippen LogP contribution is 2.18. The third-order valence-electron chi connectivity index (χ3n) is 13.4. The van der Waals surface area contributed by atoms with Crippen LogP contribution < -0.4 is 0 Å². The molecule has 0 spiro atoms. The number of carbonyl (C=O) groups excluding carboxylic acids is 3. The third kappa shape index (κ3) is 51.4. The van der Waals surface area contributed by atoms with Gasteiger partial charge >= 0.3 is 17.9 Å². The molecule has 0 aliphatic heterocycles. The Labute approximate surface area is 399 Å². The Balaban J connectivity index is 3.81. The number of carbonyl (C=O) groups is 3. The summed E-state index contributed by atoms with van der Waals surface area (Å²) in [5.41, 5.74) is 0. The van der Waals surface area contributed by atoms with E-state index in [1.807, 2.05) is 0 Å². The third-order valence-corrected chi connectivity index (χ3v) is 13.4. The van der Waals surface area contributed by atoms with Crippen LogP contribution in [-0.4, -0.2) is 37.2 Å². The van der Waals surface area contributed by atoms with Crippen molar-refractivity contribution in [3.63, 3.8) is 0 Å². The monoisotopic (exact) mass is 905 g/mol. The fraction of sp³-hybridized carbons (Fsp3) is 0.948. The van der Waals surface area contributed by atoms with Gasteiger partial charge in [-0.15, -0.1) is 0 Å². The van der Waals surface area contributed by atoms with Crippen LogP contribution in [0, 0.1) is 0 Å². The van der Waals surface area contributed by atoms with E-state index in [4.69, 9.17) is 14.2 Å². The second kappa shape index (κ2) is 54.0. The van der Waals surface area contributed by atoms with Gasteiger partial charge < -0.3 is 14.2 Å². The molecule has 0 N–H and O–H groups in total. The van der Waals surface area contributed by atoms with E-state index in [9.17, 15) is 14.4 Å². The van der Waals surface area contributed by atoms with Crippen molar-refractivity contribution in [2.24, 2.45) is 0 Å². The Morgan fingerprint density at radius 3 is 0.625 bits per heavy atom. The van der Waals surface area contributed by atoms with Crippen LogP contribution in [0.2, 0.25) is 0 Å². The molecule has 64 heavy (non-hydrogen) atoms. The summed E-state index contributed by atoms with van der Waals surface area (Å²) < 4.78 is 16.7. The van der Waals surface area contributed by atoms with E-state index in [1.54, 1.807) is 0 Å². The first-order chi connectivity index (χ1) is 31.5. The molecule has 6 nitrogen and oxygen atoms in total. The van der Waals surface area contributed by atoms with Crippen molar-refractivity contribution in [3.05, 3.63) is 0 Å². The van der Waals surface area contributed by atoms with Crippen molar-refractivity contribution >= 4 is 17.9 Å². The molecular formula is C58H112O6. The van der Waals surface area contributed by atoms with E-state index in [0.717, 1.165) is 57.8 Å². The van der Waals surface area contributed by atoms with Crippen LogP contribution >= 0.6 is 0 Å². The van der Waals surface area contributed by atoms with Crippen molar-refractivity contribution in [1.82, 2.24) is 0 Å². The molecule has 0 radical (unpaired) electrons. The van der Waals surface area contributed by atoms with Crippen LogP contribution in [0.5, 0.6) is 0 Å². The summed E-state index contributed by atoms with van der Waals surface area (Å²) in [7, 11) is 0. The highest BCUT2D eigenvalue weighted by Gasteiger charge is 2.19. The molecule has 6 heteroatoms. The van der Waals surface area contributed by atoms with Gasteiger partial charge in [0, 0.05) is 19.3 Å². The van der Waals surface area contributed by atoms with Crippen molar-refractivity contribution in [2.75, 3.05) is 13.2 Å². The number of ether oxygens (including phenoxy) is 3. The predicted molar refractivity (Wildman–Crippen MR) is 275 cm³/mol. The normalized spacial score (nSPS) is 11.9. The topological polar surface area (TPSA) is 78.9 Å². The molecule has 0 aromatic rings. The zero-order chi connectivity index (χ0) is 46.5. The molecule has 0 bridgehead atoms. The number of rotatable bonds is 54. The van der Waals surface area contributed by atoms with E-state index in [0.29, 0.717) is 19.3 Å². The molecule has 0 aliphatic carbocycles. The van der Waals surface area contributed by atoms with E-state index >= 15 is 0 Å². The molecule has 1 unspecified atom stereocenters. The smallest absolute Gasteiger partial charge is 0.306 e. The fourth-order valence-electron chi connectivity index (χ4n) is 8.98. The Morgan fingerprint density at radius 2 is 0.422 bits per heavy atom. The van der Waals surface area contributed by atoms with Crippen LogP contribution in [0.25, 0.3) is 0 Å². The van der Waals surface area contributed by atoms with Gasteiger partial charge in [-0.05, 0) is 19.3 Å². The maximum absolute atomic E-state index is 12.7. The Morgan fingerprint density at radius 1 is 0.250 bits per heavy atom. The lowest BCUT2D eigenvalue weighted by atomic mass is 10.0. The number of hydrogen-bond acceptors (Lipinski definition) is 6. The van der Waals surface area contributed by atoms with Crippen LogP contribution in [0.4, 0.5) is 0 Å². The summed E-state index contributed by atoms with van der Waals surface area (Å²) in [6.07, 6.45) is 60.3. The van der Waals surface area contributed by atoms with Gasteiger partial charge in [-0.3, -0.25) is 14.4 Å². The maximum atomic E-state index is 12.7. The van der Waals surface area contributed by atoms with Crippen LogP contribution in [0.3, 0.4) is 0 Å². The van der Waals surface area contributed by atoms with Crippen molar-refractivity contribution in [1.29, 1.82) is 0 Å². The maximum Gasteiger partial charge on any atom is 0.306 e. The highest BCUT2D eigenvalue weighted by atomic mass is 16.6. The summed E-state index contributed by atoms with van der Waals surface area (Å²) in [4.78, 5) is 37.6. The number of esters is 3. The molecule has 1 atom stereocenters. The van der Waals surface area contributed by atoms with Gasteiger partial charge in [-0.2, -0.15) is 0 Å². The van der Waals surface area contributed by atoms with Crippen molar-refractivity contribution < 1.29 is 28.6 Å². The fourth-order valence-corrected chi connectivity index (χ4v) is 8.98. The molecule has 0 rings (SSSR count). The standard InChI is InChI=1S/C58H112O6/c1-4-7-10-13-16-18-19-20-21-22-23-24-25-26-27-28-29-30-31-32-33-34-35-36-37-38-39-41-42-45-48-51-57(60)63-54-55(53-62-56(59)50-47-44-15-12-9-6-3)64-58(61)52-49-46-43-40-17-14-11-8-5-2/h55H,4-54H2,1-3H3. The van der Waals surface area contributed by atoms with Crippen LogP contribution in [-0.2, 0) is 28.6 Å². The average Bonchev–Trinajstić information content (AvgIpc) is 3.29. The second-order valence-electron chi connectivity index (χ2n) is 19.9. The Hall–Kier alpha value is -1.59. The van der Waals surface area contributed by atoms with E-state index in [-0.39, 0.29) is 31.1 Å².